The number of nitrogens with zero attached hydrogens (tertiary/aromatic N) is 2. The second-order valence-electron chi connectivity index (χ2n) is 4.28. The van der Waals surface area contributed by atoms with Gasteiger partial charge in [-0.05, 0) is 12.8 Å². The molecule has 0 aliphatic carbocycles. The number of rotatable bonds is 3. The van der Waals surface area contributed by atoms with E-state index in [1.807, 2.05) is 4.90 Å². The maximum absolute atomic E-state index is 10.9. The van der Waals surface area contributed by atoms with Crippen LogP contribution in [-0.2, 0) is 4.79 Å². The fourth-order valence-electron chi connectivity index (χ4n) is 2.01. The topological polar surface area (TPSA) is 95.7 Å². The number of carboxylic acids is 1. The van der Waals surface area contributed by atoms with E-state index in [4.69, 9.17) is 9.52 Å². The van der Waals surface area contributed by atoms with Crippen molar-refractivity contribution in [2.45, 2.75) is 25.8 Å². The van der Waals surface area contributed by atoms with Crippen molar-refractivity contribution in [2.24, 2.45) is 0 Å². The highest BCUT2D eigenvalue weighted by atomic mass is 16.4. The van der Waals surface area contributed by atoms with Gasteiger partial charge < -0.3 is 19.7 Å². The first-order valence-electron chi connectivity index (χ1n) is 5.77. The Kier molecular flexibility index (Phi) is 3.50. The van der Waals surface area contributed by atoms with Crippen molar-refractivity contribution >= 4 is 17.9 Å². The molecule has 0 unspecified atom stereocenters. The van der Waals surface area contributed by atoms with E-state index in [0.29, 0.717) is 19.1 Å². The lowest BCUT2D eigenvalue weighted by molar-refractivity contribution is -0.119. The lowest BCUT2D eigenvalue weighted by atomic mass is 10.1. The minimum Gasteiger partial charge on any atom is -0.476 e. The van der Waals surface area contributed by atoms with Gasteiger partial charge in [-0.25, -0.2) is 4.79 Å². The van der Waals surface area contributed by atoms with Crippen molar-refractivity contribution in [1.29, 1.82) is 0 Å². The molecule has 0 aromatic carbocycles. The molecular formula is C11H15N3O4. The molecule has 0 saturated carbocycles. The molecule has 1 aromatic rings. The Balaban J connectivity index is 1.92. The van der Waals surface area contributed by atoms with Crippen LogP contribution in [0, 0.1) is 0 Å². The van der Waals surface area contributed by atoms with Crippen LogP contribution in [0.15, 0.2) is 10.7 Å². The van der Waals surface area contributed by atoms with Crippen LogP contribution in [0.5, 0.6) is 0 Å². The maximum atomic E-state index is 10.9. The molecule has 1 aliphatic heterocycles. The summed E-state index contributed by atoms with van der Waals surface area (Å²) in [4.78, 5) is 27.4. The normalized spacial score (nSPS) is 16.6. The first-order valence-corrected chi connectivity index (χ1v) is 5.77. The third-order valence-corrected chi connectivity index (χ3v) is 2.88. The van der Waals surface area contributed by atoms with Gasteiger partial charge in [0, 0.05) is 26.1 Å². The van der Waals surface area contributed by atoms with Gasteiger partial charge in [0.05, 0.1) is 0 Å². The number of nitrogens with one attached hydrogen (secondary N) is 1. The van der Waals surface area contributed by atoms with Gasteiger partial charge in [0.15, 0.2) is 5.69 Å². The quantitative estimate of drug-likeness (QED) is 0.813. The van der Waals surface area contributed by atoms with Crippen molar-refractivity contribution in [1.82, 2.24) is 10.3 Å². The predicted molar refractivity (Wildman–Crippen MR) is 62.5 cm³/mol. The number of piperidine rings is 1. The molecule has 1 fully saturated rings. The lowest BCUT2D eigenvalue weighted by Crippen LogP contribution is -2.44. The molecule has 2 heterocycles. The van der Waals surface area contributed by atoms with Crippen molar-refractivity contribution in [2.75, 3.05) is 18.0 Å². The minimum atomic E-state index is -1.10. The van der Waals surface area contributed by atoms with Gasteiger partial charge in [0.2, 0.25) is 5.91 Å². The van der Waals surface area contributed by atoms with Gasteiger partial charge in [-0.15, -0.1) is 0 Å². The second-order valence-corrected chi connectivity index (χ2v) is 4.28. The first-order chi connectivity index (χ1) is 8.56. The Morgan fingerprint density at radius 1 is 1.50 bits per heavy atom. The molecule has 2 N–H and O–H groups in total. The Bertz CT molecular complexity index is 449. The summed E-state index contributed by atoms with van der Waals surface area (Å²) >= 11 is 0. The smallest absolute Gasteiger partial charge is 0.357 e. The van der Waals surface area contributed by atoms with Crippen LogP contribution in [0.25, 0.3) is 0 Å². The minimum absolute atomic E-state index is 0.0299. The number of oxazole rings is 1. The van der Waals surface area contributed by atoms with Crippen LogP contribution >= 0.6 is 0 Å². The van der Waals surface area contributed by atoms with Crippen LogP contribution < -0.4 is 10.2 Å². The highest BCUT2D eigenvalue weighted by Crippen LogP contribution is 2.19. The average molecular weight is 253 g/mol. The zero-order valence-electron chi connectivity index (χ0n) is 10.0. The lowest BCUT2D eigenvalue weighted by Gasteiger charge is -2.30. The van der Waals surface area contributed by atoms with Crippen LogP contribution in [-0.4, -0.2) is 41.1 Å². The molecule has 1 aromatic heterocycles. The van der Waals surface area contributed by atoms with E-state index in [1.54, 1.807) is 0 Å². The monoisotopic (exact) mass is 253 g/mol. The summed E-state index contributed by atoms with van der Waals surface area (Å²) in [7, 11) is 0. The molecule has 0 radical (unpaired) electrons. The standard InChI is InChI=1S/C11H15N3O4/c1-7(15)12-8-2-4-14(5-3-8)11-13-9(6-18-11)10(16)17/h6,8H,2-5H2,1H3,(H,12,15)(H,16,17). The number of aromatic nitrogens is 1. The summed E-state index contributed by atoms with van der Waals surface area (Å²) < 4.78 is 5.13. The summed E-state index contributed by atoms with van der Waals surface area (Å²) in [6.45, 7) is 2.87. The maximum Gasteiger partial charge on any atom is 0.357 e. The van der Waals surface area contributed by atoms with Crippen LogP contribution in [0.3, 0.4) is 0 Å². The molecule has 7 nitrogen and oxygen atoms in total. The van der Waals surface area contributed by atoms with E-state index in [0.717, 1.165) is 19.1 Å². The molecule has 0 bridgehead atoms. The summed E-state index contributed by atoms with van der Waals surface area (Å²) in [6, 6.07) is 0.501. The van der Waals surface area contributed by atoms with E-state index in [-0.39, 0.29) is 17.6 Å². The third-order valence-electron chi connectivity index (χ3n) is 2.88. The predicted octanol–water partition coefficient (Wildman–Crippen LogP) is 0.478. The van der Waals surface area contributed by atoms with E-state index >= 15 is 0 Å². The number of hydrogen-bond acceptors (Lipinski definition) is 5. The highest BCUT2D eigenvalue weighted by molar-refractivity contribution is 5.85. The molecular weight excluding hydrogens is 238 g/mol. The van der Waals surface area contributed by atoms with E-state index in [1.165, 1.54) is 6.92 Å². The van der Waals surface area contributed by atoms with Gasteiger partial charge >= 0.3 is 5.97 Å². The fraction of sp³-hybridized carbons (Fsp3) is 0.545. The summed E-state index contributed by atoms with van der Waals surface area (Å²) in [5.41, 5.74) is -0.0889. The van der Waals surface area contributed by atoms with E-state index in [2.05, 4.69) is 10.3 Å². The molecule has 2 rings (SSSR count). The van der Waals surface area contributed by atoms with E-state index in [9.17, 15) is 9.59 Å². The highest BCUT2D eigenvalue weighted by Gasteiger charge is 2.23. The van der Waals surface area contributed by atoms with Crippen LogP contribution in [0.2, 0.25) is 0 Å². The number of carbonyl (C=O) groups is 2. The van der Waals surface area contributed by atoms with Crippen molar-refractivity contribution in [3.63, 3.8) is 0 Å². The van der Waals surface area contributed by atoms with Crippen molar-refractivity contribution in [3.8, 4) is 0 Å². The third kappa shape index (κ3) is 2.79. The first kappa shape index (κ1) is 12.4. The van der Waals surface area contributed by atoms with Crippen molar-refractivity contribution in [3.05, 3.63) is 12.0 Å². The van der Waals surface area contributed by atoms with Gasteiger partial charge in [-0.2, -0.15) is 4.98 Å². The average Bonchev–Trinajstić information content (AvgIpc) is 2.78. The molecule has 1 aliphatic rings. The SMILES string of the molecule is CC(=O)NC1CCN(c2nc(C(=O)O)co2)CC1. The molecule has 98 valence electrons. The number of amides is 1. The summed E-state index contributed by atoms with van der Waals surface area (Å²) in [6.07, 6.45) is 2.73. The van der Waals surface area contributed by atoms with Gasteiger partial charge in [0.1, 0.15) is 6.26 Å². The number of hydrogen-bond donors (Lipinski definition) is 2. The Labute approximate surface area is 104 Å². The van der Waals surface area contributed by atoms with E-state index < -0.39 is 5.97 Å². The van der Waals surface area contributed by atoms with Gasteiger partial charge in [0.25, 0.3) is 6.01 Å². The van der Waals surface area contributed by atoms with Gasteiger partial charge in [-0.1, -0.05) is 0 Å². The number of carbonyl (C=O) groups excluding carboxylic acids is 1. The molecule has 7 heteroatoms. The second kappa shape index (κ2) is 5.07. The van der Waals surface area contributed by atoms with Gasteiger partial charge in [-0.3, -0.25) is 4.79 Å². The Morgan fingerprint density at radius 2 is 2.17 bits per heavy atom. The van der Waals surface area contributed by atoms with Crippen LogP contribution in [0.4, 0.5) is 6.01 Å². The number of aromatic carboxylic acids is 1. The van der Waals surface area contributed by atoms with Crippen LogP contribution in [0.1, 0.15) is 30.3 Å². The molecule has 1 saturated heterocycles. The summed E-state index contributed by atoms with van der Waals surface area (Å²) in [5.74, 6) is -1.13. The zero-order chi connectivity index (χ0) is 13.1. The largest absolute Gasteiger partial charge is 0.476 e. The zero-order valence-corrected chi connectivity index (χ0v) is 10.0. The number of anilines is 1. The molecule has 18 heavy (non-hydrogen) atoms. The Hall–Kier alpha value is -2.05. The molecule has 1 amide bonds. The fourth-order valence-corrected chi connectivity index (χ4v) is 2.01. The number of carboxylic acid groups (broad SMARTS) is 1. The molecule has 0 spiro atoms. The van der Waals surface area contributed by atoms with Crippen molar-refractivity contribution < 1.29 is 19.1 Å². The summed E-state index contributed by atoms with van der Waals surface area (Å²) in [5, 5.41) is 11.6. The molecule has 0 atom stereocenters. The Morgan fingerprint density at radius 3 is 2.67 bits per heavy atom.